The van der Waals surface area contributed by atoms with Gasteiger partial charge in [-0.1, -0.05) is 18.7 Å². The van der Waals surface area contributed by atoms with E-state index in [2.05, 4.69) is 6.58 Å². The number of likely N-dealkylation sites (N-methyl/N-ethyl adjacent to an activating group) is 1. The molecule has 0 saturated carbocycles. The van der Waals surface area contributed by atoms with Crippen molar-refractivity contribution in [2.45, 2.75) is 13.8 Å². The van der Waals surface area contributed by atoms with E-state index in [0.717, 1.165) is 0 Å². The molecule has 0 atom stereocenters. The molecule has 1 aliphatic heterocycles. The summed E-state index contributed by atoms with van der Waals surface area (Å²) < 4.78 is 11.3. The predicted octanol–water partition coefficient (Wildman–Crippen LogP) is 2.72. The normalized spacial score (nSPS) is 13.2. The van der Waals surface area contributed by atoms with Gasteiger partial charge in [0.15, 0.2) is 17.3 Å². The second kappa shape index (κ2) is 5.61. The van der Waals surface area contributed by atoms with Crippen LogP contribution in [0.3, 0.4) is 0 Å². The fraction of sp³-hybridized carbons (Fsp3) is 0.267. The van der Waals surface area contributed by atoms with E-state index < -0.39 is 0 Å². The van der Waals surface area contributed by atoms with E-state index >= 15 is 0 Å². The zero-order chi connectivity index (χ0) is 13.8. The number of amides is 1. The summed E-state index contributed by atoms with van der Waals surface area (Å²) in [4.78, 5) is 14.0. The first-order valence-electron chi connectivity index (χ1n) is 6.32. The molecular formula is C15H17NO3. The molecule has 0 fully saturated rings. The summed E-state index contributed by atoms with van der Waals surface area (Å²) in [5.41, 5.74) is 0. The van der Waals surface area contributed by atoms with Crippen LogP contribution in [0.15, 0.2) is 48.4 Å². The molecule has 0 aliphatic carbocycles. The number of carbonyl (C=O) groups excluding carboxylic acids is 1. The monoisotopic (exact) mass is 259 g/mol. The molecule has 1 amide bonds. The SMILES string of the molecule is C=CC1=C(C(=O)N(CC)CC)Oc2ccccc2O1. The van der Waals surface area contributed by atoms with Crippen LogP contribution in [0.2, 0.25) is 0 Å². The Morgan fingerprint density at radius 2 is 1.79 bits per heavy atom. The average molecular weight is 259 g/mol. The van der Waals surface area contributed by atoms with Gasteiger partial charge in [0.25, 0.3) is 5.91 Å². The lowest BCUT2D eigenvalue weighted by molar-refractivity contribution is -0.129. The smallest absolute Gasteiger partial charge is 0.293 e. The van der Waals surface area contributed by atoms with Crippen LogP contribution < -0.4 is 9.47 Å². The number of carbonyl (C=O) groups is 1. The quantitative estimate of drug-likeness (QED) is 0.834. The van der Waals surface area contributed by atoms with Crippen LogP contribution in [0.4, 0.5) is 0 Å². The van der Waals surface area contributed by atoms with Crippen LogP contribution >= 0.6 is 0 Å². The lowest BCUT2D eigenvalue weighted by Gasteiger charge is -2.25. The summed E-state index contributed by atoms with van der Waals surface area (Å²) in [6.07, 6.45) is 1.49. The zero-order valence-electron chi connectivity index (χ0n) is 11.2. The van der Waals surface area contributed by atoms with Crippen LogP contribution in [-0.4, -0.2) is 23.9 Å². The van der Waals surface area contributed by atoms with Gasteiger partial charge in [0.05, 0.1) is 0 Å². The van der Waals surface area contributed by atoms with Gasteiger partial charge in [-0.3, -0.25) is 4.79 Å². The van der Waals surface area contributed by atoms with Crippen LogP contribution in [0.1, 0.15) is 13.8 Å². The highest BCUT2D eigenvalue weighted by Crippen LogP contribution is 2.35. The molecule has 2 rings (SSSR count). The average Bonchev–Trinajstić information content (AvgIpc) is 2.46. The summed E-state index contributed by atoms with van der Waals surface area (Å²) in [5.74, 6) is 1.50. The summed E-state index contributed by atoms with van der Waals surface area (Å²) in [7, 11) is 0. The largest absolute Gasteiger partial charge is 0.449 e. The maximum Gasteiger partial charge on any atom is 0.293 e. The molecule has 100 valence electrons. The van der Waals surface area contributed by atoms with E-state index in [0.29, 0.717) is 30.3 Å². The zero-order valence-corrected chi connectivity index (χ0v) is 11.2. The number of ether oxygens (including phenoxy) is 2. The van der Waals surface area contributed by atoms with Gasteiger partial charge in [0, 0.05) is 13.1 Å². The van der Waals surface area contributed by atoms with Gasteiger partial charge < -0.3 is 14.4 Å². The highest BCUT2D eigenvalue weighted by molar-refractivity contribution is 5.93. The number of hydrogen-bond donors (Lipinski definition) is 0. The topological polar surface area (TPSA) is 38.8 Å². The molecule has 0 N–H and O–H groups in total. The van der Waals surface area contributed by atoms with Crippen molar-refractivity contribution in [2.75, 3.05) is 13.1 Å². The van der Waals surface area contributed by atoms with Crippen LogP contribution in [0.25, 0.3) is 0 Å². The Hall–Kier alpha value is -2.23. The van der Waals surface area contributed by atoms with E-state index in [-0.39, 0.29) is 11.7 Å². The molecule has 1 aliphatic rings. The minimum absolute atomic E-state index is 0.186. The highest BCUT2D eigenvalue weighted by Gasteiger charge is 2.27. The van der Waals surface area contributed by atoms with E-state index in [1.165, 1.54) is 6.08 Å². The van der Waals surface area contributed by atoms with Crippen molar-refractivity contribution in [1.29, 1.82) is 0 Å². The molecule has 1 heterocycles. The van der Waals surface area contributed by atoms with E-state index in [1.54, 1.807) is 17.0 Å². The maximum atomic E-state index is 12.4. The van der Waals surface area contributed by atoms with Crippen LogP contribution in [0, 0.1) is 0 Å². The van der Waals surface area contributed by atoms with Crippen LogP contribution in [-0.2, 0) is 4.79 Å². The Morgan fingerprint density at radius 1 is 1.21 bits per heavy atom. The van der Waals surface area contributed by atoms with Crippen molar-refractivity contribution < 1.29 is 14.3 Å². The van der Waals surface area contributed by atoms with E-state index in [9.17, 15) is 4.79 Å². The van der Waals surface area contributed by atoms with Crippen molar-refractivity contribution in [3.8, 4) is 11.5 Å². The summed E-state index contributed by atoms with van der Waals surface area (Å²) in [6.45, 7) is 8.75. The Morgan fingerprint density at radius 3 is 2.32 bits per heavy atom. The van der Waals surface area contributed by atoms with Gasteiger partial charge in [-0.2, -0.15) is 0 Å². The minimum Gasteiger partial charge on any atom is -0.449 e. The number of rotatable bonds is 4. The third-order valence-electron chi connectivity index (χ3n) is 2.94. The third kappa shape index (κ3) is 2.47. The molecule has 1 aromatic rings. The summed E-state index contributed by atoms with van der Waals surface area (Å²) in [6, 6.07) is 7.24. The first-order chi connectivity index (χ1) is 9.21. The van der Waals surface area contributed by atoms with Gasteiger partial charge in [-0.25, -0.2) is 0 Å². The molecule has 0 radical (unpaired) electrons. The fourth-order valence-electron chi connectivity index (χ4n) is 1.88. The van der Waals surface area contributed by atoms with E-state index in [4.69, 9.17) is 9.47 Å². The van der Waals surface area contributed by atoms with Crippen molar-refractivity contribution in [3.63, 3.8) is 0 Å². The Bertz CT molecular complexity index is 530. The number of benzene rings is 1. The molecule has 1 aromatic carbocycles. The standard InChI is InChI=1S/C15H17NO3/c1-4-11-14(15(17)16(5-2)6-3)19-13-10-8-7-9-12(13)18-11/h4,7-10H,1,5-6H2,2-3H3. The molecule has 0 unspecified atom stereocenters. The molecule has 4 heteroatoms. The minimum atomic E-state index is -0.186. The van der Waals surface area contributed by atoms with Gasteiger partial charge in [-0.05, 0) is 32.1 Å². The Labute approximate surface area is 112 Å². The molecule has 0 spiro atoms. The van der Waals surface area contributed by atoms with Crippen molar-refractivity contribution in [1.82, 2.24) is 4.90 Å². The van der Waals surface area contributed by atoms with Crippen molar-refractivity contribution in [2.24, 2.45) is 0 Å². The number of allylic oxidation sites excluding steroid dienone is 1. The van der Waals surface area contributed by atoms with Crippen LogP contribution in [0.5, 0.6) is 11.5 Å². The highest BCUT2D eigenvalue weighted by atomic mass is 16.6. The molecule has 0 aromatic heterocycles. The first-order valence-corrected chi connectivity index (χ1v) is 6.32. The molecule has 19 heavy (non-hydrogen) atoms. The van der Waals surface area contributed by atoms with Gasteiger partial charge >= 0.3 is 0 Å². The van der Waals surface area contributed by atoms with Crippen molar-refractivity contribution in [3.05, 3.63) is 48.4 Å². The Kier molecular flexibility index (Phi) is 3.90. The van der Waals surface area contributed by atoms with Gasteiger partial charge in [0.2, 0.25) is 5.76 Å². The second-order valence-electron chi connectivity index (χ2n) is 4.03. The molecule has 4 nitrogen and oxygen atoms in total. The van der Waals surface area contributed by atoms with E-state index in [1.807, 2.05) is 26.0 Å². The predicted molar refractivity (Wildman–Crippen MR) is 72.8 cm³/mol. The van der Waals surface area contributed by atoms with Gasteiger partial charge in [0.1, 0.15) is 0 Å². The number of hydrogen-bond acceptors (Lipinski definition) is 3. The van der Waals surface area contributed by atoms with Crippen molar-refractivity contribution >= 4 is 5.91 Å². The second-order valence-corrected chi connectivity index (χ2v) is 4.03. The van der Waals surface area contributed by atoms with Gasteiger partial charge in [-0.15, -0.1) is 0 Å². The molecule has 0 saturated heterocycles. The number of nitrogens with zero attached hydrogens (tertiary/aromatic N) is 1. The fourth-order valence-corrected chi connectivity index (χ4v) is 1.88. The first kappa shape index (κ1) is 13.2. The maximum absolute atomic E-state index is 12.4. The lowest BCUT2D eigenvalue weighted by Crippen LogP contribution is -2.35. The Balaban J connectivity index is 2.36. The molecule has 0 bridgehead atoms. The number of para-hydroxylation sites is 2. The third-order valence-corrected chi connectivity index (χ3v) is 2.94. The molecular weight excluding hydrogens is 242 g/mol. The lowest BCUT2D eigenvalue weighted by atomic mass is 10.2. The number of fused-ring (bicyclic) bond motifs is 1. The summed E-state index contributed by atoms with van der Waals surface area (Å²) >= 11 is 0. The summed E-state index contributed by atoms with van der Waals surface area (Å²) in [5, 5.41) is 0.